The van der Waals surface area contributed by atoms with Crippen LogP contribution in [-0.2, 0) is 21.4 Å². The van der Waals surface area contributed by atoms with Crippen LogP contribution >= 0.6 is 0 Å². The lowest BCUT2D eigenvalue weighted by molar-refractivity contribution is -0.132. The molecule has 1 amide bonds. The smallest absolute Gasteiger partial charge is 0.243 e. The number of amides is 1. The highest BCUT2D eigenvalue weighted by Crippen LogP contribution is 2.33. The Balaban J connectivity index is 1.59. The van der Waals surface area contributed by atoms with Gasteiger partial charge in [-0.25, -0.2) is 8.42 Å². The monoisotopic (exact) mass is 386 g/mol. The van der Waals surface area contributed by atoms with E-state index in [9.17, 15) is 13.2 Å². The maximum Gasteiger partial charge on any atom is 0.243 e. The van der Waals surface area contributed by atoms with Crippen LogP contribution in [0.4, 0.5) is 0 Å². The van der Waals surface area contributed by atoms with E-state index in [2.05, 4.69) is 5.32 Å². The fraction of sp³-hybridized carbons (Fsp3) is 0.381. The number of benzene rings is 2. The lowest BCUT2D eigenvalue weighted by Gasteiger charge is -2.37. The molecule has 0 bridgehead atoms. The lowest BCUT2D eigenvalue weighted by atomic mass is 9.80. The molecular weight excluding hydrogens is 360 g/mol. The molecule has 0 aliphatic carbocycles. The van der Waals surface area contributed by atoms with Gasteiger partial charge in [-0.15, -0.1) is 0 Å². The molecule has 0 aromatic heterocycles. The molecule has 0 saturated carbocycles. The maximum absolute atomic E-state index is 12.7. The average molecular weight is 387 g/mol. The molecule has 2 aromatic carbocycles. The Bertz CT molecular complexity index is 885. The van der Waals surface area contributed by atoms with Gasteiger partial charge >= 0.3 is 0 Å². The molecule has 1 saturated heterocycles. The van der Waals surface area contributed by atoms with Gasteiger partial charge in [-0.1, -0.05) is 55.0 Å². The van der Waals surface area contributed by atoms with Crippen LogP contribution in [0.5, 0.6) is 0 Å². The molecule has 0 spiro atoms. The summed E-state index contributed by atoms with van der Waals surface area (Å²) in [5.74, 6) is -0.0140. The zero-order chi connectivity index (χ0) is 19.5. The number of aryl methyl sites for hydroxylation is 1. The number of piperidine rings is 1. The summed E-state index contributed by atoms with van der Waals surface area (Å²) in [6.07, 6.45) is 1.03. The van der Waals surface area contributed by atoms with E-state index < -0.39 is 15.4 Å². The second-order valence-corrected chi connectivity index (χ2v) is 9.38. The van der Waals surface area contributed by atoms with Gasteiger partial charge in [0.05, 0.1) is 4.90 Å². The highest BCUT2D eigenvalue weighted by molar-refractivity contribution is 7.89. The summed E-state index contributed by atoms with van der Waals surface area (Å²) >= 11 is 0. The van der Waals surface area contributed by atoms with Gasteiger partial charge in [0.25, 0.3) is 0 Å². The van der Waals surface area contributed by atoms with Crippen molar-refractivity contribution < 1.29 is 13.2 Å². The number of hydrogen-bond donors (Lipinski definition) is 1. The fourth-order valence-electron chi connectivity index (χ4n) is 3.29. The molecule has 1 aliphatic rings. The van der Waals surface area contributed by atoms with Crippen LogP contribution in [0.15, 0.2) is 59.5 Å². The average Bonchev–Trinajstić information content (AvgIpc) is 2.68. The highest BCUT2D eigenvalue weighted by Gasteiger charge is 2.40. The first-order valence-electron chi connectivity index (χ1n) is 9.20. The first-order chi connectivity index (χ1) is 12.8. The Morgan fingerprint density at radius 1 is 1.04 bits per heavy atom. The first kappa shape index (κ1) is 19.6. The molecule has 3 rings (SSSR count). The third-order valence-corrected chi connectivity index (χ3v) is 7.24. The van der Waals surface area contributed by atoms with Gasteiger partial charge in [0, 0.05) is 25.0 Å². The zero-order valence-electron chi connectivity index (χ0n) is 15.8. The third kappa shape index (κ3) is 4.39. The third-order valence-electron chi connectivity index (χ3n) is 5.33. The molecular formula is C21H26N2O3S. The first-order valence-corrected chi connectivity index (χ1v) is 10.6. The van der Waals surface area contributed by atoms with E-state index in [4.69, 9.17) is 0 Å². The second-order valence-electron chi connectivity index (χ2n) is 7.45. The predicted octanol–water partition coefficient (Wildman–Crippen LogP) is 3.10. The molecule has 1 aliphatic heterocycles. The van der Waals surface area contributed by atoms with E-state index >= 15 is 0 Å². The van der Waals surface area contributed by atoms with Crippen molar-refractivity contribution in [2.24, 2.45) is 5.41 Å². The molecule has 2 aromatic rings. The van der Waals surface area contributed by atoms with Gasteiger partial charge in [-0.05, 0) is 37.5 Å². The normalized spacial score (nSPS) is 17.4. The summed E-state index contributed by atoms with van der Waals surface area (Å²) in [5.41, 5.74) is 1.69. The number of hydrogen-bond acceptors (Lipinski definition) is 3. The van der Waals surface area contributed by atoms with Crippen molar-refractivity contribution in [2.75, 3.05) is 13.1 Å². The topological polar surface area (TPSA) is 66.5 Å². The van der Waals surface area contributed by atoms with E-state index in [0.29, 0.717) is 37.4 Å². The molecule has 27 heavy (non-hydrogen) atoms. The summed E-state index contributed by atoms with van der Waals surface area (Å²) in [6.45, 7) is 5.14. The van der Waals surface area contributed by atoms with Gasteiger partial charge in [0.15, 0.2) is 0 Å². The van der Waals surface area contributed by atoms with Crippen molar-refractivity contribution in [1.82, 2.24) is 9.62 Å². The molecule has 0 atom stereocenters. The quantitative estimate of drug-likeness (QED) is 0.859. The Hall–Kier alpha value is -2.18. The van der Waals surface area contributed by atoms with Gasteiger partial charge < -0.3 is 5.32 Å². The summed E-state index contributed by atoms with van der Waals surface area (Å²) in [6, 6.07) is 16.5. The number of nitrogens with zero attached hydrogens (tertiary/aromatic N) is 1. The van der Waals surface area contributed by atoms with Crippen molar-refractivity contribution in [3.05, 3.63) is 65.7 Å². The van der Waals surface area contributed by atoms with Crippen molar-refractivity contribution >= 4 is 15.9 Å². The van der Waals surface area contributed by atoms with E-state index in [-0.39, 0.29) is 5.91 Å². The van der Waals surface area contributed by atoms with Crippen molar-refractivity contribution in [3.8, 4) is 0 Å². The number of nitrogens with one attached hydrogen (secondary N) is 1. The van der Waals surface area contributed by atoms with Crippen LogP contribution in [0.1, 0.15) is 30.9 Å². The summed E-state index contributed by atoms with van der Waals surface area (Å²) < 4.78 is 26.9. The molecule has 0 radical (unpaired) electrons. The summed E-state index contributed by atoms with van der Waals surface area (Å²) in [7, 11) is -3.50. The largest absolute Gasteiger partial charge is 0.352 e. The molecule has 0 unspecified atom stereocenters. The van der Waals surface area contributed by atoms with Gasteiger partial charge in [-0.3, -0.25) is 4.79 Å². The zero-order valence-corrected chi connectivity index (χ0v) is 16.6. The summed E-state index contributed by atoms with van der Waals surface area (Å²) in [4.78, 5) is 13.0. The van der Waals surface area contributed by atoms with Crippen LogP contribution in [0.25, 0.3) is 0 Å². The predicted molar refractivity (Wildman–Crippen MR) is 106 cm³/mol. The lowest BCUT2D eigenvalue weighted by Crippen LogP contribution is -2.48. The fourth-order valence-corrected chi connectivity index (χ4v) is 4.75. The van der Waals surface area contributed by atoms with Crippen LogP contribution in [-0.4, -0.2) is 31.7 Å². The molecule has 6 heteroatoms. The number of carbonyl (C=O) groups excluding carboxylic acids is 1. The van der Waals surface area contributed by atoms with E-state index in [1.54, 1.807) is 30.3 Å². The standard InChI is InChI=1S/C21H26N2O3S/c1-17-8-10-18(11-9-17)16-22-20(24)21(2)12-14-23(15-13-21)27(25,26)19-6-4-3-5-7-19/h3-11H,12-16H2,1-2H3,(H,22,24). The summed E-state index contributed by atoms with van der Waals surface area (Å²) in [5, 5.41) is 3.01. The van der Waals surface area contributed by atoms with Crippen LogP contribution in [0.3, 0.4) is 0 Å². The highest BCUT2D eigenvalue weighted by atomic mass is 32.2. The Kier molecular flexibility index (Phi) is 5.67. The van der Waals surface area contributed by atoms with E-state index in [1.165, 1.54) is 9.87 Å². The van der Waals surface area contributed by atoms with E-state index in [1.807, 2.05) is 38.1 Å². The van der Waals surface area contributed by atoms with Gasteiger partial charge in [-0.2, -0.15) is 4.31 Å². The molecule has 1 N–H and O–H groups in total. The van der Waals surface area contributed by atoms with Crippen molar-refractivity contribution in [1.29, 1.82) is 0 Å². The van der Waals surface area contributed by atoms with Crippen LogP contribution in [0, 0.1) is 12.3 Å². The van der Waals surface area contributed by atoms with Gasteiger partial charge in [0.2, 0.25) is 15.9 Å². The van der Waals surface area contributed by atoms with Gasteiger partial charge in [0.1, 0.15) is 0 Å². The Morgan fingerprint density at radius 3 is 2.22 bits per heavy atom. The van der Waals surface area contributed by atoms with E-state index in [0.717, 1.165) is 5.56 Å². The minimum Gasteiger partial charge on any atom is -0.352 e. The van der Waals surface area contributed by atoms with Crippen LogP contribution < -0.4 is 5.32 Å². The SMILES string of the molecule is Cc1ccc(CNC(=O)C2(C)CCN(S(=O)(=O)c3ccccc3)CC2)cc1. The number of rotatable bonds is 5. The minimum absolute atomic E-state index is 0.0140. The number of sulfonamides is 1. The minimum atomic E-state index is -3.50. The van der Waals surface area contributed by atoms with Crippen molar-refractivity contribution in [3.63, 3.8) is 0 Å². The molecule has 144 valence electrons. The molecule has 5 nitrogen and oxygen atoms in total. The number of carbonyl (C=O) groups is 1. The van der Waals surface area contributed by atoms with Crippen LogP contribution in [0.2, 0.25) is 0 Å². The molecule has 1 heterocycles. The second kappa shape index (κ2) is 7.82. The Labute approximate surface area is 161 Å². The maximum atomic E-state index is 12.7. The van der Waals surface area contributed by atoms with Crippen molar-refractivity contribution in [2.45, 2.75) is 38.1 Å². The molecule has 1 fully saturated rings. The Morgan fingerprint density at radius 2 is 1.63 bits per heavy atom.